The Morgan fingerprint density at radius 3 is 2.54 bits per heavy atom. The molecule has 2 aromatic heterocycles. The van der Waals surface area contributed by atoms with Crippen LogP contribution >= 0.6 is 11.3 Å². The van der Waals surface area contributed by atoms with E-state index in [1.165, 1.54) is 23.7 Å². The normalized spacial score (nSPS) is 10.2. The highest BCUT2D eigenvalue weighted by molar-refractivity contribution is 7.14. The standard InChI is InChI=1S/C17H15N5O3S/c1-25-13-5-3-11(4-6-13)20-14(23)9-12-10-26-17(21-12)22-16(24)15-18-7-2-8-19-15/h2-8,10H,9H2,1H3,(H,20,23)(H,21,22,24). The molecule has 1 aromatic carbocycles. The average molecular weight is 369 g/mol. The fourth-order valence-electron chi connectivity index (χ4n) is 2.06. The second-order valence-corrected chi connectivity index (χ2v) is 5.98. The summed E-state index contributed by atoms with van der Waals surface area (Å²) in [5.74, 6) is 0.116. The predicted molar refractivity (Wildman–Crippen MR) is 97.4 cm³/mol. The van der Waals surface area contributed by atoms with Crippen molar-refractivity contribution in [2.75, 3.05) is 17.7 Å². The monoisotopic (exact) mass is 369 g/mol. The minimum Gasteiger partial charge on any atom is -0.497 e. The Kier molecular flexibility index (Phi) is 5.49. The molecule has 26 heavy (non-hydrogen) atoms. The van der Waals surface area contributed by atoms with E-state index in [-0.39, 0.29) is 18.2 Å². The summed E-state index contributed by atoms with van der Waals surface area (Å²) < 4.78 is 5.07. The third kappa shape index (κ3) is 4.61. The summed E-state index contributed by atoms with van der Waals surface area (Å²) in [6.45, 7) is 0. The van der Waals surface area contributed by atoms with Gasteiger partial charge in [-0.3, -0.25) is 14.9 Å². The van der Waals surface area contributed by atoms with Gasteiger partial charge in [0.05, 0.1) is 19.2 Å². The van der Waals surface area contributed by atoms with Crippen molar-refractivity contribution in [3.8, 4) is 5.75 Å². The number of ether oxygens (including phenoxy) is 1. The maximum absolute atomic E-state index is 12.1. The van der Waals surface area contributed by atoms with Gasteiger partial charge in [-0.2, -0.15) is 0 Å². The van der Waals surface area contributed by atoms with Crippen molar-refractivity contribution < 1.29 is 14.3 Å². The Balaban J connectivity index is 1.55. The molecule has 2 amide bonds. The van der Waals surface area contributed by atoms with Gasteiger partial charge in [-0.1, -0.05) is 0 Å². The topological polar surface area (TPSA) is 106 Å². The highest BCUT2D eigenvalue weighted by atomic mass is 32.1. The van der Waals surface area contributed by atoms with Crippen molar-refractivity contribution >= 4 is 34.0 Å². The van der Waals surface area contributed by atoms with Gasteiger partial charge in [0.25, 0.3) is 5.91 Å². The number of methoxy groups -OCH3 is 1. The van der Waals surface area contributed by atoms with Gasteiger partial charge in [-0.15, -0.1) is 11.3 Å². The van der Waals surface area contributed by atoms with Gasteiger partial charge in [0.1, 0.15) is 5.75 Å². The number of hydrogen-bond donors (Lipinski definition) is 2. The lowest BCUT2D eigenvalue weighted by atomic mass is 10.2. The smallest absolute Gasteiger partial charge is 0.295 e. The van der Waals surface area contributed by atoms with Gasteiger partial charge in [0.2, 0.25) is 11.7 Å². The molecule has 0 bridgehead atoms. The quantitative estimate of drug-likeness (QED) is 0.691. The predicted octanol–water partition coefficient (Wildman–Crippen LogP) is 2.38. The van der Waals surface area contributed by atoms with E-state index in [9.17, 15) is 9.59 Å². The van der Waals surface area contributed by atoms with Crippen LogP contribution in [0, 0.1) is 0 Å². The van der Waals surface area contributed by atoms with Crippen molar-refractivity contribution in [2.24, 2.45) is 0 Å². The van der Waals surface area contributed by atoms with E-state index >= 15 is 0 Å². The average Bonchev–Trinajstić information content (AvgIpc) is 3.09. The van der Waals surface area contributed by atoms with Crippen LogP contribution in [0.2, 0.25) is 0 Å². The second-order valence-electron chi connectivity index (χ2n) is 5.12. The van der Waals surface area contributed by atoms with Gasteiger partial charge in [0, 0.05) is 23.5 Å². The van der Waals surface area contributed by atoms with Crippen molar-refractivity contribution in [1.82, 2.24) is 15.0 Å². The molecule has 9 heteroatoms. The molecule has 2 heterocycles. The highest BCUT2D eigenvalue weighted by Gasteiger charge is 2.13. The van der Waals surface area contributed by atoms with E-state index in [0.29, 0.717) is 22.3 Å². The summed E-state index contributed by atoms with van der Waals surface area (Å²) in [7, 11) is 1.58. The van der Waals surface area contributed by atoms with Crippen LogP contribution in [0.5, 0.6) is 5.75 Å². The number of rotatable bonds is 6. The molecule has 3 aromatic rings. The number of amides is 2. The molecule has 0 aliphatic carbocycles. The minimum absolute atomic E-state index is 0.0569. The molecule has 132 valence electrons. The molecule has 0 atom stereocenters. The number of nitrogens with one attached hydrogen (secondary N) is 2. The number of anilines is 2. The molecular formula is C17H15N5O3S. The zero-order chi connectivity index (χ0) is 18.4. The van der Waals surface area contributed by atoms with Gasteiger partial charge in [0.15, 0.2) is 5.13 Å². The van der Waals surface area contributed by atoms with Gasteiger partial charge in [-0.05, 0) is 30.3 Å². The van der Waals surface area contributed by atoms with E-state index in [4.69, 9.17) is 4.74 Å². The SMILES string of the molecule is COc1ccc(NC(=O)Cc2csc(NC(=O)c3ncccn3)n2)cc1. The number of hydrogen-bond acceptors (Lipinski definition) is 7. The Hall–Kier alpha value is -3.33. The third-order valence-electron chi connectivity index (χ3n) is 3.26. The first kappa shape index (κ1) is 17.5. The fraction of sp³-hybridized carbons (Fsp3) is 0.118. The summed E-state index contributed by atoms with van der Waals surface area (Å²) in [6, 6.07) is 8.65. The molecule has 0 spiro atoms. The van der Waals surface area contributed by atoms with E-state index in [1.54, 1.807) is 42.8 Å². The number of nitrogens with zero attached hydrogens (tertiary/aromatic N) is 3. The second kappa shape index (κ2) is 8.17. The van der Waals surface area contributed by atoms with Gasteiger partial charge < -0.3 is 10.1 Å². The van der Waals surface area contributed by atoms with Crippen LogP contribution in [0.15, 0.2) is 48.1 Å². The molecule has 8 nitrogen and oxygen atoms in total. The van der Waals surface area contributed by atoms with Crippen LogP contribution in [0.3, 0.4) is 0 Å². The lowest BCUT2D eigenvalue weighted by molar-refractivity contribution is -0.115. The van der Waals surface area contributed by atoms with Crippen LogP contribution in [0.4, 0.5) is 10.8 Å². The zero-order valence-corrected chi connectivity index (χ0v) is 14.6. The summed E-state index contributed by atoms with van der Waals surface area (Å²) in [4.78, 5) is 36.1. The largest absolute Gasteiger partial charge is 0.497 e. The first-order valence-corrected chi connectivity index (χ1v) is 8.48. The first-order chi connectivity index (χ1) is 12.6. The molecular weight excluding hydrogens is 354 g/mol. The molecule has 0 fully saturated rings. The number of carbonyl (C=O) groups is 2. The Bertz CT molecular complexity index is 896. The molecule has 0 saturated heterocycles. The summed E-state index contributed by atoms with van der Waals surface area (Å²) in [6.07, 6.45) is 3.07. The maximum atomic E-state index is 12.1. The lowest BCUT2D eigenvalue weighted by Gasteiger charge is -2.05. The third-order valence-corrected chi connectivity index (χ3v) is 4.06. The summed E-state index contributed by atoms with van der Waals surface area (Å²) in [5, 5.41) is 7.49. The maximum Gasteiger partial charge on any atom is 0.295 e. The number of thiazole rings is 1. The lowest BCUT2D eigenvalue weighted by Crippen LogP contribution is -2.16. The zero-order valence-electron chi connectivity index (χ0n) is 13.8. The first-order valence-electron chi connectivity index (χ1n) is 7.61. The molecule has 3 rings (SSSR count). The number of aromatic nitrogens is 3. The van der Waals surface area contributed by atoms with E-state index in [2.05, 4.69) is 25.6 Å². The fourth-order valence-corrected chi connectivity index (χ4v) is 2.76. The molecule has 2 N–H and O–H groups in total. The molecule has 0 aliphatic rings. The van der Waals surface area contributed by atoms with Crippen LogP contribution in [0.1, 0.15) is 16.3 Å². The molecule has 0 saturated carbocycles. The molecule has 0 radical (unpaired) electrons. The summed E-state index contributed by atoms with van der Waals surface area (Å²) in [5.41, 5.74) is 1.23. The van der Waals surface area contributed by atoms with Crippen molar-refractivity contribution in [1.29, 1.82) is 0 Å². The number of benzene rings is 1. The van der Waals surface area contributed by atoms with Gasteiger partial charge >= 0.3 is 0 Å². The molecule has 0 aliphatic heterocycles. The Labute approximate surface area is 153 Å². The van der Waals surface area contributed by atoms with E-state index in [0.717, 1.165) is 0 Å². The number of carbonyl (C=O) groups excluding carboxylic acids is 2. The van der Waals surface area contributed by atoms with Crippen LogP contribution in [0.25, 0.3) is 0 Å². The van der Waals surface area contributed by atoms with Crippen molar-refractivity contribution in [3.63, 3.8) is 0 Å². The van der Waals surface area contributed by atoms with Crippen LogP contribution < -0.4 is 15.4 Å². The highest BCUT2D eigenvalue weighted by Crippen LogP contribution is 2.18. The van der Waals surface area contributed by atoms with Crippen molar-refractivity contribution in [3.05, 3.63) is 59.6 Å². The summed E-state index contributed by atoms with van der Waals surface area (Å²) >= 11 is 1.23. The van der Waals surface area contributed by atoms with E-state index < -0.39 is 5.91 Å². The Morgan fingerprint density at radius 2 is 1.85 bits per heavy atom. The van der Waals surface area contributed by atoms with E-state index in [1.807, 2.05) is 0 Å². The van der Waals surface area contributed by atoms with Gasteiger partial charge in [-0.25, -0.2) is 15.0 Å². The Morgan fingerprint density at radius 1 is 1.12 bits per heavy atom. The molecule has 0 unspecified atom stereocenters. The van der Waals surface area contributed by atoms with Crippen LogP contribution in [-0.2, 0) is 11.2 Å². The minimum atomic E-state index is -0.450. The van der Waals surface area contributed by atoms with Crippen LogP contribution in [-0.4, -0.2) is 33.9 Å². The van der Waals surface area contributed by atoms with Crippen molar-refractivity contribution in [2.45, 2.75) is 6.42 Å².